The van der Waals surface area contributed by atoms with Gasteiger partial charge in [0.2, 0.25) is 5.89 Å². The van der Waals surface area contributed by atoms with Gasteiger partial charge in [-0.15, -0.1) is 21.5 Å². The van der Waals surface area contributed by atoms with Crippen LogP contribution in [0.15, 0.2) is 63.6 Å². The Morgan fingerprint density at radius 2 is 1.78 bits per heavy atom. The fraction of sp³-hybridized carbons (Fsp3) is 0.105. The average molecular weight is 416 g/mol. The van der Waals surface area contributed by atoms with E-state index in [0.717, 1.165) is 27.6 Å². The predicted molar refractivity (Wildman–Crippen MR) is 108 cm³/mol. The second-order valence-corrected chi connectivity index (χ2v) is 7.76. The van der Waals surface area contributed by atoms with Gasteiger partial charge in [0.25, 0.3) is 5.22 Å². The Kier molecular flexibility index (Phi) is 5.42. The summed E-state index contributed by atoms with van der Waals surface area (Å²) in [6, 6.07) is 15.2. The van der Waals surface area contributed by atoms with Crippen LogP contribution in [0.3, 0.4) is 0 Å². The maximum absolute atomic E-state index is 5.90. The zero-order valence-electron chi connectivity index (χ0n) is 14.3. The van der Waals surface area contributed by atoms with Crippen LogP contribution >= 0.6 is 34.7 Å². The average Bonchev–Trinajstić information content (AvgIpc) is 3.37. The molecule has 136 valence electrons. The molecular formula is C19H14ClN3O2S2. The molecule has 0 amide bonds. The van der Waals surface area contributed by atoms with E-state index >= 15 is 0 Å². The van der Waals surface area contributed by atoms with Crippen LogP contribution in [0.5, 0.6) is 5.75 Å². The number of methoxy groups -OCH3 is 1. The summed E-state index contributed by atoms with van der Waals surface area (Å²) in [5.74, 6) is 1.97. The van der Waals surface area contributed by atoms with Crippen LogP contribution in [0.1, 0.15) is 5.69 Å². The highest BCUT2D eigenvalue weighted by molar-refractivity contribution is 7.98. The first-order chi connectivity index (χ1) is 13.2. The van der Waals surface area contributed by atoms with Crippen molar-refractivity contribution in [3.05, 3.63) is 64.6 Å². The number of hydrogen-bond donors (Lipinski definition) is 0. The molecule has 4 aromatic rings. The van der Waals surface area contributed by atoms with Crippen LogP contribution < -0.4 is 4.74 Å². The number of hydrogen-bond acceptors (Lipinski definition) is 7. The lowest BCUT2D eigenvalue weighted by Gasteiger charge is -2.00. The van der Waals surface area contributed by atoms with Crippen molar-refractivity contribution in [2.45, 2.75) is 11.0 Å². The number of nitrogens with zero attached hydrogens (tertiary/aromatic N) is 3. The lowest BCUT2D eigenvalue weighted by molar-refractivity contribution is 0.415. The number of rotatable bonds is 6. The molecule has 2 aromatic carbocycles. The molecule has 0 atom stereocenters. The van der Waals surface area contributed by atoms with Crippen molar-refractivity contribution in [2.24, 2.45) is 0 Å². The molecule has 8 heteroatoms. The van der Waals surface area contributed by atoms with E-state index in [0.29, 0.717) is 21.9 Å². The van der Waals surface area contributed by atoms with Crippen molar-refractivity contribution in [1.29, 1.82) is 0 Å². The third-order valence-corrected chi connectivity index (χ3v) is 5.77. The standard InChI is InChI=1S/C19H14ClN3O2S2/c1-24-16-8-4-13(5-9-16)18-21-15(10-26-18)11-27-19-23-22-17(25-19)12-2-6-14(20)7-3-12/h2-10H,11H2,1H3. The summed E-state index contributed by atoms with van der Waals surface area (Å²) in [4.78, 5) is 4.68. The highest BCUT2D eigenvalue weighted by atomic mass is 35.5. The molecule has 0 aliphatic rings. The second-order valence-electron chi connectivity index (χ2n) is 5.54. The molecule has 0 N–H and O–H groups in total. The van der Waals surface area contributed by atoms with Gasteiger partial charge < -0.3 is 9.15 Å². The van der Waals surface area contributed by atoms with Crippen molar-refractivity contribution in [1.82, 2.24) is 15.2 Å². The monoisotopic (exact) mass is 415 g/mol. The van der Waals surface area contributed by atoms with E-state index < -0.39 is 0 Å². The summed E-state index contributed by atoms with van der Waals surface area (Å²) in [6.45, 7) is 0. The second kappa shape index (κ2) is 8.12. The maximum Gasteiger partial charge on any atom is 0.277 e. The normalized spacial score (nSPS) is 10.9. The summed E-state index contributed by atoms with van der Waals surface area (Å²) < 4.78 is 10.9. The smallest absolute Gasteiger partial charge is 0.277 e. The van der Waals surface area contributed by atoms with Crippen LogP contribution in [0.4, 0.5) is 0 Å². The van der Waals surface area contributed by atoms with Gasteiger partial charge in [0, 0.05) is 27.3 Å². The summed E-state index contributed by atoms with van der Waals surface area (Å²) in [7, 11) is 1.66. The molecule has 0 spiro atoms. The zero-order chi connectivity index (χ0) is 18.6. The zero-order valence-corrected chi connectivity index (χ0v) is 16.6. The molecule has 27 heavy (non-hydrogen) atoms. The Bertz CT molecular complexity index is 1030. The molecule has 0 saturated heterocycles. The van der Waals surface area contributed by atoms with Crippen LogP contribution in [0.2, 0.25) is 5.02 Å². The number of benzene rings is 2. The van der Waals surface area contributed by atoms with Crippen LogP contribution in [-0.2, 0) is 5.75 Å². The van der Waals surface area contributed by atoms with Crippen molar-refractivity contribution in [2.75, 3.05) is 7.11 Å². The van der Waals surface area contributed by atoms with Gasteiger partial charge in [0.15, 0.2) is 0 Å². The van der Waals surface area contributed by atoms with Gasteiger partial charge >= 0.3 is 0 Å². The van der Waals surface area contributed by atoms with Crippen LogP contribution in [0.25, 0.3) is 22.0 Å². The third-order valence-electron chi connectivity index (χ3n) is 3.73. The minimum Gasteiger partial charge on any atom is -0.497 e. The molecule has 4 rings (SSSR count). The fourth-order valence-electron chi connectivity index (χ4n) is 2.35. The molecule has 5 nitrogen and oxygen atoms in total. The summed E-state index contributed by atoms with van der Waals surface area (Å²) in [6.07, 6.45) is 0. The van der Waals surface area contributed by atoms with Gasteiger partial charge in [-0.2, -0.15) is 0 Å². The Hall–Kier alpha value is -2.35. The van der Waals surface area contributed by atoms with E-state index in [1.807, 2.05) is 41.8 Å². The van der Waals surface area contributed by atoms with Gasteiger partial charge in [-0.3, -0.25) is 0 Å². The minimum atomic E-state index is 0.478. The first-order valence-electron chi connectivity index (χ1n) is 8.02. The van der Waals surface area contributed by atoms with Crippen LogP contribution in [0, 0.1) is 0 Å². The molecule has 0 unspecified atom stereocenters. The fourth-order valence-corrected chi connectivity index (χ4v) is 4.07. The maximum atomic E-state index is 5.90. The molecule has 0 radical (unpaired) electrons. The van der Waals surface area contributed by atoms with E-state index in [9.17, 15) is 0 Å². The lowest BCUT2D eigenvalue weighted by Crippen LogP contribution is -1.84. The Morgan fingerprint density at radius 1 is 1.04 bits per heavy atom. The summed E-state index contributed by atoms with van der Waals surface area (Å²) in [5.41, 5.74) is 2.89. The van der Waals surface area contributed by atoms with E-state index in [1.165, 1.54) is 11.8 Å². The highest BCUT2D eigenvalue weighted by Gasteiger charge is 2.11. The molecule has 2 aromatic heterocycles. The van der Waals surface area contributed by atoms with Gasteiger partial charge in [0.05, 0.1) is 12.8 Å². The van der Waals surface area contributed by atoms with E-state index in [2.05, 4.69) is 15.2 Å². The van der Waals surface area contributed by atoms with E-state index in [4.69, 9.17) is 20.8 Å². The molecule has 0 aliphatic heterocycles. The first kappa shape index (κ1) is 18.0. The number of ether oxygens (including phenoxy) is 1. The Morgan fingerprint density at radius 3 is 2.52 bits per heavy atom. The third kappa shape index (κ3) is 4.32. The van der Waals surface area contributed by atoms with Gasteiger partial charge in [0.1, 0.15) is 10.8 Å². The van der Waals surface area contributed by atoms with E-state index in [1.54, 1.807) is 30.6 Å². The predicted octanol–water partition coefficient (Wildman–Crippen LogP) is 5.81. The molecule has 0 fully saturated rings. The highest BCUT2D eigenvalue weighted by Crippen LogP contribution is 2.30. The molecule has 0 bridgehead atoms. The number of halogens is 1. The number of aromatic nitrogens is 3. The minimum absolute atomic E-state index is 0.478. The molecule has 2 heterocycles. The molecule has 0 saturated carbocycles. The molecule has 0 aliphatic carbocycles. The Balaban J connectivity index is 1.40. The van der Waals surface area contributed by atoms with Gasteiger partial charge in [-0.25, -0.2) is 4.98 Å². The van der Waals surface area contributed by atoms with Crippen LogP contribution in [-0.4, -0.2) is 22.3 Å². The van der Waals surface area contributed by atoms with Crippen molar-refractivity contribution < 1.29 is 9.15 Å². The lowest BCUT2D eigenvalue weighted by atomic mass is 10.2. The first-order valence-corrected chi connectivity index (χ1v) is 10.3. The van der Waals surface area contributed by atoms with Gasteiger partial charge in [-0.05, 0) is 48.5 Å². The van der Waals surface area contributed by atoms with Crippen molar-refractivity contribution in [3.8, 4) is 27.8 Å². The quantitative estimate of drug-likeness (QED) is 0.370. The number of thiazole rings is 1. The number of thioether (sulfide) groups is 1. The summed E-state index contributed by atoms with van der Waals surface area (Å²) >= 11 is 8.98. The topological polar surface area (TPSA) is 61.0 Å². The van der Waals surface area contributed by atoms with Crippen molar-refractivity contribution in [3.63, 3.8) is 0 Å². The van der Waals surface area contributed by atoms with Crippen molar-refractivity contribution >= 4 is 34.7 Å². The molecular weight excluding hydrogens is 402 g/mol. The summed E-state index contributed by atoms with van der Waals surface area (Å²) in [5, 5.41) is 12.4. The van der Waals surface area contributed by atoms with Gasteiger partial charge in [-0.1, -0.05) is 23.4 Å². The Labute approximate surface area is 169 Å². The SMILES string of the molecule is COc1ccc(-c2nc(CSc3nnc(-c4ccc(Cl)cc4)o3)cs2)cc1. The van der Waals surface area contributed by atoms with E-state index in [-0.39, 0.29) is 0 Å². The largest absolute Gasteiger partial charge is 0.497 e.